The highest BCUT2D eigenvalue weighted by atomic mass is 16.1. The summed E-state index contributed by atoms with van der Waals surface area (Å²) in [5.74, 6) is 0. The summed E-state index contributed by atoms with van der Waals surface area (Å²) in [4.78, 5) is 14.3. The Morgan fingerprint density at radius 1 is 1.31 bits per heavy atom. The van der Waals surface area contributed by atoms with E-state index >= 15 is 0 Å². The molecule has 0 bridgehead atoms. The SMILES string of the molecule is CNCc1cccc(-c2ccc[nH]2)c1C=O. The van der Waals surface area contributed by atoms with E-state index in [4.69, 9.17) is 0 Å². The maximum absolute atomic E-state index is 11.2. The van der Waals surface area contributed by atoms with Crippen molar-refractivity contribution in [2.75, 3.05) is 7.05 Å². The van der Waals surface area contributed by atoms with Crippen molar-refractivity contribution in [2.45, 2.75) is 6.54 Å². The highest BCUT2D eigenvalue weighted by Crippen LogP contribution is 2.23. The van der Waals surface area contributed by atoms with E-state index < -0.39 is 0 Å². The molecule has 0 saturated heterocycles. The zero-order valence-corrected chi connectivity index (χ0v) is 9.16. The van der Waals surface area contributed by atoms with Crippen LogP contribution in [-0.4, -0.2) is 18.3 Å². The normalized spacial score (nSPS) is 10.3. The first kappa shape index (κ1) is 10.6. The molecule has 1 heterocycles. The van der Waals surface area contributed by atoms with Gasteiger partial charge in [0.15, 0.2) is 6.29 Å². The fraction of sp³-hybridized carbons (Fsp3) is 0.154. The van der Waals surface area contributed by atoms with E-state index in [0.29, 0.717) is 6.54 Å². The highest BCUT2D eigenvalue weighted by Gasteiger charge is 2.08. The molecule has 2 N–H and O–H groups in total. The summed E-state index contributed by atoms with van der Waals surface area (Å²) in [6.07, 6.45) is 2.78. The molecular formula is C13H14N2O. The lowest BCUT2D eigenvalue weighted by Gasteiger charge is -2.08. The Morgan fingerprint density at radius 3 is 2.81 bits per heavy atom. The third kappa shape index (κ3) is 1.90. The third-order valence-corrected chi connectivity index (χ3v) is 2.57. The number of aromatic nitrogens is 1. The molecule has 0 atom stereocenters. The monoisotopic (exact) mass is 214 g/mol. The molecule has 0 aliphatic rings. The van der Waals surface area contributed by atoms with Crippen LogP contribution in [0.2, 0.25) is 0 Å². The van der Waals surface area contributed by atoms with Crippen molar-refractivity contribution >= 4 is 6.29 Å². The van der Waals surface area contributed by atoms with Crippen molar-refractivity contribution in [1.82, 2.24) is 10.3 Å². The summed E-state index contributed by atoms with van der Waals surface area (Å²) in [6.45, 7) is 0.697. The van der Waals surface area contributed by atoms with Gasteiger partial charge in [-0.05, 0) is 24.7 Å². The molecule has 0 amide bonds. The van der Waals surface area contributed by atoms with Gasteiger partial charge in [-0.25, -0.2) is 0 Å². The predicted octanol–water partition coefficient (Wildman–Crippen LogP) is 2.21. The van der Waals surface area contributed by atoms with Gasteiger partial charge in [0.1, 0.15) is 0 Å². The Balaban J connectivity index is 2.53. The molecule has 1 aromatic carbocycles. The van der Waals surface area contributed by atoms with Crippen molar-refractivity contribution in [1.29, 1.82) is 0 Å². The average molecular weight is 214 g/mol. The molecule has 1 aromatic heterocycles. The predicted molar refractivity (Wildman–Crippen MR) is 64.4 cm³/mol. The van der Waals surface area contributed by atoms with Crippen molar-refractivity contribution < 1.29 is 4.79 Å². The second-order valence-electron chi connectivity index (χ2n) is 3.61. The number of nitrogens with one attached hydrogen (secondary N) is 2. The summed E-state index contributed by atoms with van der Waals surface area (Å²) >= 11 is 0. The van der Waals surface area contributed by atoms with Gasteiger partial charge in [0, 0.05) is 29.6 Å². The van der Waals surface area contributed by atoms with Crippen LogP contribution in [0.25, 0.3) is 11.3 Å². The molecule has 0 saturated carbocycles. The summed E-state index contributed by atoms with van der Waals surface area (Å²) in [5.41, 5.74) is 3.69. The zero-order chi connectivity index (χ0) is 11.4. The standard InChI is InChI=1S/C13H14N2O/c1-14-8-10-4-2-5-11(12(10)9-16)13-6-3-7-15-13/h2-7,9,14-15H,8H2,1H3. The van der Waals surface area contributed by atoms with Gasteiger partial charge >= 0.3 is 0 Å². The molecule has 3 heteroatoms. The average Bonchev–Trinajstić information content (AvgIpc) is 2.82. The second-order valence-corrected chi connectivity index (χ2v) is 3.61. The van der Waals surface area contributed by atoms with Crippen molar-refractivity contribution in [3.8, 4) is 11.3 Å². The first-order chi connectivity index (χ1) is 7.86. The zero-order valence-electron chi connectivity index (χ0n) is 9.16. The Hall–Kier alpha value is -1.87. The van der Waals surface area contributed by atoms with Crippen LogP contribution in [0, 0.1) is 0 Å². The van der Waals surface area contributed by atoms with Crippen LogP contribution >= 0.6 is 0 Å². The number of aromatic amines is 1. The number of H-pyrrole nitrogens is 1. The lowest BCUT2D eigenvalue weighted by atomic mass is 10.00. The number of hydrogen-bond donors (Lipinski definition) is 2. The van der Waals surface area contributed by atoms with Crippen LogP contribution in [-0.2, 0) is 6.54 Å². The fourth-order valence-electron chi connectivity index (χ4n) is 1.83. The lowest BCUT2D eigenvalue weighted by Crippen LogP contribution is -2.08. The van der Waals surface area contributed by atoms with Crippen LogP contribution < -0.4 is 5.32 Å². The van der Waals surface area contributed by atoms with E-state index in [2.05, 4.69) is 10.3 Å². The largest absolute Gasteiger partial charge is 0.361 e. The van der Waals surface area contributed by atoms with Gasteiger partial charge in [0.05, 0.1) is 0 Å². The Labute approximate surface area is 94.5 Å². The maximum Gasteiger partial charge on any atom is 0.151 e. The van der Waals surface area contributed by atoms with Crippen LogP contribution in [0.3, 0.4) is 0 Å². The van der Waals surface area contributed by atoms with Gasteiger partial charge in [-0.15, -0.1) is 0 Å². The number of aldehydes is 1. The molecule has 0 unspecified atom stereocenters. The Kier molecular flexibility index (Phi) is 3.17. The molecule has 2 aromatic rings. The smallest absolute Gasteiger partial charge is 0.151 e. The molecular weight excluding hydrogens is 200 g/mol. The van der Waals surface area contributed by atoms with Crippen molar-refractivity contribution in [2.24, 2.45) is 0 Å². The van der Waals surface area contributed by atoms with Crippen LogP contribution in [0.15, 0.2) is 36.5 Å². The quantitative estimate of drug-likeness (QED) is 0.766. The molecule has 0 fully saturated rings. The minimum Gasteiger partial charge on any atom is -0.361 e. The van der Waals surface area contributed by atoms with Gasteiger partial charge in [0.2, 0.25) is 0 Å². The van der Waals surface area contributed by atoms with Gasteiger partial charge in [-0.3, -0.25) is 4.79 Å². The van der Waals surface area contributed by atoms with Crippen LogP contribution in [0.1, 0.15) is 15.9 Å². The number of hydrogen-bond acceptors (Lipinski definition) is 2. The fourth-order valence-corrected chi connectivity index (χ4v) is 1.83. The minimum atomic E-state index is 0.697. The third-order valence-electron chi connectivity index (χ3n) is 2.57. The molecule has 82 valence electrons. The molecule has 2 rings (SSSR count). The van der Waals surface area contributed by atoms with E-state index in [1.165, 1.54) is 0 Å². The highest BCUT2D eigenvalue weighted by molar-refractivity contribution is 5.88. The Bertz CT molecular complexity index is 475. The van der Waals surface area contributed by atoms with Gasteiger partial charge < -0.3 is 10.3 Å². The number of carbonyl (C=O) groups is 1. The molecule has 16 heavy (non-hydrogen) atoms. The minimum absolute atomic E-state index is 0.697. The molecule has 3 nitrogen and oxygen atoms in total. The number of carbonyl (C=O) groups excluding carboxylic acids is 1. The second kappa shape index (κ2) is 4.77. The van der Waals surface area contributed by atoms with Crippen LogP contribution in [0.4, 0.5) is 0 Å². The van der Waals surface area contributed by atoms with E-state index in [9.17, 15) is 4.79 Å². The molecule has 0 aliphatic carbocycles. The van der Waals surface area contributed by atoms with Gasteiger partial charge in [-0.1, -0.05) is 18.2 Å². The first-order valence-corrected chi connectivity index (χ1v) is 5.22. The molecule has 0 aliphatic heterocycles. The van der Waals surface area contributed by atoms with Gasteiger partial charge in [0.25, 0.3) is 0 Å². The first-order valence-electron chi connectivity index (χ1n) is 5.22. The van der Waals surface area contributed by atoms with E-state index in [0.717, 1.165) is 28.7 Å². The topological polar surface area (TPSA) is 44.9 Å². The maximum atomic E-state index is 11.2. The molecule has 0 spiro atoms. The summed E-state index contributed by atoms with van der Waals surface area (Å²) < 4.78 is 0. The molecule has 0 radical (unpaired) electrons. The summed E-state index contributed by atoms with van der Waals surface area (Å²) in [5, 5.41) is 3.06. The Morgan fingerprint density at radius 2 is 2.19 bits per heavy atom. The number of benzene rings is 1. The van der Waals surface area contributed by atoms with E-state index in [1.807, 2.05) is 43.6 Å². The van der Waals surface area contributed by atoms with Crippen molar-refractivity contribution in [3.63, 3.8) is 0 Å². The summed E-state index contributed by atoms with van der Waals surface area (Å²) in [7, 11) is 1.87. The van der Waals surface area contributed by atoms with Crippen LogP contribution in [0.5, 0.6) is 0 Å². The lowest BCUT2D eigenvalue weighted by molar-refractivity contribution is 0.112. The van der Waals surface area contributed by atoms with Gasteiger partial charge in [-0.2, -0.15) is 0 Å². The number of rotatable bonds is 4. The van der Waals surface area contributed by atoms with Crippen molar-refractivity contribution in [3.05, 3.63) is 47.7 Å². The van der Waals surface area contributed by atoms with E-state index in [-0.39, 0.29) is 0 Å². The van der Waals surface area contributed by atoms with E-state index in [1.54, 1.807) is 0 Å². The summed E-state index contributed by atoms with van der Waals surface area (Å²) in [6, 6.07) is 9.78.